The van der Waals surface area contributed by atoms with Gasteiger partial charge in [-0.2, -0.15) is 0 Å². The summed E-state index contributed by atoms with van der Waals surface area (Å²) in [6.45, 7) is 2.99. The first-order valence-corrected chi connectivity index (χ1v) is 8.69. The highest BCUT2D eigenvalue weighted by molar-refractivity contribution is 6.44. The van der Waals surface area contributed by atoms with Crippen molar-refractivity contribution in [2.75, 3.05) is 13.1 Å². The van der Waals surface area contributed by atoms with Crippen LogP contribution in [-0.2, 0) is 0 Å². The molecular weight excluding hydrogens is 366 g/mol. The van der Waals surface area contributed by atoms with Gasteiger partial charge < -0.3 is 10.1 Å². The van der Waals surface area contributed by atoms with Crippen molar-refractivity contribution in [2.24, 2.45) is 5.92 Å². The van der Waals surface area contributed by atoms with E-state index in [9.17, 15) is 9.18 Å². The van der Waals surface area contributed by atoms with Crippen LogP contribution in [-0.4, -0.2) is 23.9 Å². The fourth-order valence-electron chi connectivity index (χ4n) is 3.05. The number of ether oxygens (including phenoxy) is 1. The van der Waals surface area contributed by atoms with E-state index >= 15 is 0 Å². The summed E-state index contributed by atoms with van der Waals surface area (Å²) in [7, 11) is 0. The summed E-state index contributed by atoms with van der Waals surface area (Å²) in [6, 6.07) is 4.60. The predicted molar refractivity (Wildman–Crippen MR) is 95.0 cm³/mol. The first kappa shape index (κ1) is 18.1. The SMILES string of the molecule is CC(=O)c1c(O[C@@H](c2cncc(F)c2)[C@H]2CCNC2)ccc(Cl)c1Cl. The van der Waals surface area contributed by atoms with Gasteiger partial charge in [0.2, 0.25) is 0 Å². The molecule has 132 valence electrons. The standard InChI is InChI=1S/C18H17Cl2FN2O2/c1-10(24)16-15(3-2-14(19)17(16)20)25-18(11-4-5-22-7-11)12-6-13(21)9-23-8-12/h2-3,6,8-9,11,18,22H,4-5,7H2,1H3/t11-,18+/m0/s1. The molecule has 25 heavy (non-hydrogen) atoms. The maximum Gasteiger partial charge on any atom is 0.165 e. The normalized spacial score (nSPS) is 18.2. The third-order valence-corrected chi connectivity index (χ3v) is 5.05. The topological polar surface area (TPSA) is 51.2 Å². The number of rotatable bonds is 5. The fraction of sp³-hybridized carbons (Fsp3) is 0.333. The van der Waals surface area contributed by atoms with Gasteiger partial charge in [-0.25, -0.2) is 4.39 Å². The largest absolute Gasteiger partial charge is 0.485 e. The Morgan fingerprint density at radius 2 is 2.20 bits per heavy atom. The predicted octanol–water partition coefficient (Wildman–Crippen LogP) is 4.46. The van der Waals surface area contributed by atoms with Gasteiger partial charge in [-0.3, -0.25) is 9.78 Å². The minimum atomic E-state index is -0.450. The van der Waals surface area contributed by atoms with Gasteiger partial charge in [0.15, 0.2) is 5.78 Å². The number of ketones is 1. The number of hydrogen-bond acceptors (Lipinski definition) is 4. The first-order valence-electron chi connectivity index (χ1n) is 7.94. The van der Waals surface area contributed by atoms with E-state index in [1.165, 1.54) is 13.0 Å². The van der Waals surface area contributed by atoms with Crippen molar-refractivity contribution in [3.05, 3.63) is 57.6 Å². The first-order chi connectivity index (χ1) is 12.0. The molecule has 0 spiro atoms. The maximum absolute atomic E-state index is 13.7. The number of hydrogen-bond donors (Lipinski definition) is 1. The third-order valence-electron chi connectivity index (χ3n) is 4.24. The van der Waals surface area contributed by atoms with Crippen molar-refractivity contribution in [2.45, 2.75) is 19.4 Å². The van der Waals surface area contributed by atoms with Crippen LogP contribution in [0.1, 0.15) is 35.4 Å². The van der Waals surface area contributed by atoms with Crippen LogP contribution < -0.4 is 10.1 Å². The lowest BCUT2D eigenvalue weighted by molar-refractivity contribution is 0.0997. The number of carbonyl (C=O) groups excluding carboxylic acids is 1. The summed E-state index contributed by atoms with van der Waals surface area (Å²) in [4.78, 5) is 15.9. The summed E-state index contributed by atoms with van der Waals surface area (Å²) >= 11 is 12.2. The Morgan fingerprint density at radius 3 is 2.84 bits per heavy atom. The van der Waals surface area contributed by atoms with Gasteiger partial charge in [-0.1, -0.05) is 23.2 Å². The van der Waals surface area contributed by atoms with Crippen LogP contribution in [0, 0.1) is 11.7 Å². The van der Waals surface area contributed by atoms with Gasteiger partial charge in [-0.15, -0.1) is 0 Å². The summed E-state index contributed by atoms with van der Waals surface area (Å²) < 4.78 is 19.8. The van der Waals surface area contributed by atoms with Gasteiger partial charge in [0.25, 0.3) is 0 Å². The van der Waals surface area contributed by atoms with E-state index < -0.39 is 11.9 Å². The van der Waals surface area contributed by atoms with E-state index in [0.29, 0.717) is 11.3 Å². The second kappa shape index (κ2) is 7.68. The smallest absolute Gasteiger partial charge is 0.165 e. The van der Waals surface area contributed by atoms with Crippen LogP contribution in [0.2, 0.25) is 10.0 Å². The molecule has 0 bridgehead atoms. The van der Waals surface area contributed by atoms with E-state index in [2.05, 4.69) is 10.3 Å². The molecule has 2 atom stereocenters. The Labute approximate surface area is 155 Å². The molecule has 1 aromatic carbocycles. The molecule has 1 N–H and O–H groups in total. The Hall–Kier alpha value is -1.69. The van der Waals surface area contributed by atoms with Crippen molar-refractivity contribution in [1.82, 2.24) is 10.3 Å². The Balaban J connectivity index is 2.01. The average Bonchev–Trinajstić information content (AvgIpc) is 3.09. The highest BCUT2D eigenvalue weighted by Gasteiger charge is 2.30. The molecule has 1 aliphatic heterocycles. The number of carbonyl (C=O) groups is 1. The van der Waals surface area contributed by atoms with E-state index in [1.807, 2.05) is 0 Å². The second-order valence-corrected chi connectivity index (χ2v) is 6.80. The second-order valence-electron chi connectivity index (χ2n) is 6.02. The molecule has 0 saturated carbocycles. The Kier molecular flexibility index (Phi) is 5.57. The van der Waals surface area contributed by atoms with Crippen LogP contribution in [0.4, 0.5) is 4.39 Å². The zero-order chi connectivity index (χ0) is 18.0. The molecule has 1 aromatic heterocycles. The number of benzene rings is 1. The molecule has 0 aliphatic carbocycles. The number of aromatic nitrogens is 1. The van der Waals surface area contributed by atoms with E-state index in [0.717, 1.165) is 25.7 Å². The summed E-state index contributed by atoms with van der Waals surface area (Å²) in [5, 5.41) is 3.72. The molecule has 4 nitrogen and oxygen atoms in total. The van der Waals surface area contributed by atoms with Crippen LogP contribution in [0.3, 0.4) is 0 Å². The minimum absolute atomic E-state index is 0.123. The summed E-state index contributed by atoms with van der Waals surface area (Å²) in [6.07, 6.45) is 3.15. The van der Waals surface area contributed by atoms with Gasteiger partial charge in [0.05, 0.1) is 21.8 Å². The average molecular weight is 383 g/mol. The van der Waals surface area contributed by atoms with Gasteiger partial charge >= 0.3 is 0 Å². The number of nitrogens with zero attached hydrogens (tertiary/aromatic N) is 1. The number of halogens is 3. The molecule has 1 aliphatic rings. The Morgan fingerprint density at radius 1 is 1.40 bits per heavy atom. The van der Waals surface area contributed by atoms with E-state index in [-0.39, 0.29) is 27.3 Å². The van der Waals surface area contributed by atoms with E-state index in [4.69, 9.17) is 27.9 Å². The highest BCUT2D eigenvalue weighted by atomic mass is 35.5. The lowest BCUT2D eigenvalue weighted by Gasteiger charge is -2.26. The van der Waals surface area contributed by atoms with Crippen molar-refractivity contribution in [3.63, 3.8) is 0 Å². The molecule has 0 radical (unpaired) electrons. The minimum Gasteiger partial charge on any atom is -0.485 e. The molecule has 2 heterocycles. The quantitative estimate of drug-likeness (QED) is 0.775. The fourth-order valence-corrected chi connectivity index (χ4v) is 3.50. The van der Waals surface area contributed by atoms with Crippen molar-refractivity contribution >= 4 is 29.0 Å². The van der Waals surface area contributed by atoms with Crippen LogP contribution in [0.5, 0.6) is 5.75 Å². The molecular formula is C18H17Cl2FN2O2. The van der Waals surface area contributed by atoms with Crippen LogP contribution in [0.15, 0.2) is 30.6 Å². The third kappa shape index (κ3) is 3.94. The maximum atomic E-state index is 13.7. The Bertz CT molecular complexity index is 795. The molecule has 1 saturated heterocycles. The lowest BCUT2D eigenvalue weighted by atomic mass is 9.95. The van der Waals surface area contributed by atoms with Crippen molar-refractivity contribution in [1.29, 1.82) is 0 Å². The molecule has 1 fully saturated rings. The molecule has 7 heteroatoms. The number of nitrogens with one attached hydrogen (secondary N) is 1. The zero-order valence-electron chi connectivity index (χ0n) is 13.6. The van der Waals surface area contributed by atoms with Crippen molar-refractivity contribution < 1.29 is 13.9 Å². The molecule has 2 aromatic rings. The zero-order valence-corrected chi connectivity index (χ0v) is 15.1. The number of pyridine rings is 1. The number of Topliss-reactive ketones (excluding diaryl/α,β-unsaturated/α-hetero) is 1. The molecule has 3 rings (SSSR count). The van der Waals surface area contributed by atoms with Crippen molar-refractivity contribution in [3.8, 4) is 5.75 Å². The monoisotopic (exact) mass is 382 g/mol. The van der Waals surface area contributed by atoms with Gasteiger partial charge in [0.1, 0.15) is 17.7 Å². The van der Waals surface area contributed by atoms with Gasteiger partial charge in [-0.05, 0) is 38.1 Å². The van der Waals surface area contributed by atoms with E-state index in [1.54, 1.807) is 18.3 Å². The lowest BCUT2D eigenvalue weighted by Crippen LogP contribution is -2.22. The molecule has 0 unspecified atom stereocenters. The van der Waals surface area contributed by atoms with Gasteiger partial charge in [0, 0.05) is 24.2 Å². The summed E-state index contributed by atoms with van der Waals surface area (Å²) in [5.41, 5.74) is 0.851. The van der Waals surface area contributed by atoms with Crippen LogP contribution in [0.25, 0.3) is 0 Å². The summed E-state index contributed by atoms with van der Waals surface area (Å²) in [5.74, 6) is -0.220. The van der Waals surface area contributed by atoms with Crippen LogP contribution >= 0.6 is 23.2 Å². The molecule has 0 amide bonds. The highest BCUT2D eigenvalue weighted by Crippen LogP contribution is 2.38.